The molecule has 3 heteroatoms. The Morgan fingerprint density at radius 2 is 1.83 bits per heavy atom. The summed E-state index contributed by atoms with van der Waals surface area (Å²) in [6.45, 7) is 4.97. The number of ether oxygens (including phenoxy) is 2. The van der Waals surface area contributed by atoms with E-state index in [0.717, 1.165) is 30.5 Å². The Morgan fingerprint density at radius 1 is 0.958 bits per heavy atom. The Morgan fingerprint density at radius 3 is 2.67 bits per heavy atom. The van der Waals surface area contributed by atoms with Crippen molar-refractivity contribution in [2.24, 2.45) is 11.8 Å². The number of nitrogens with one attached hydrogen (secondary N) is 1. The zero-order valence-corrected chi connectivity index (χ0v) is 14.2. The van der Waals surface area contributed by atoms with Crippen molar-refractivity contribution in [3.8, 4) is 22.6 Å². The van der Waals surface area contributed by atoms with Gasteiger partial charge in [0.2, 0.25) is 0 Å². The van der Waals surface area contributed by atoms with Gasteiger partial charge < -0.3 is 14.8 Å². The standard InChI is InChI=1S/C21H25NO2/c1-2-23-18-9-6-15(7-10-18)16-4-3-5-19(12-16)24-21-11-8-17-13-22-14-20(17)21/h3-7,9-10,12,17,20-22H,2,8,11,13-14H2,1H3/t17-,20+,21-/m1/s1. The van der Waals surface area contributed by atoms with Gasteiger partial charge in [-0.15, -0.1) is 0 Å². The molecule has 1 N–H and O–H groups in total. The summed E-state index contributed by atoms with van der Waals surface area (Å²) in [7, 11) is 0. The molecule has 2 aromatic rings. The Labute approximate surface area is 144 Å². The molecule has 2 aliphatic rings. The van der Waals surface area contributed by atoms with Crippen molar-refractivity contribution in [2.75, 3.05) is 19.7 Å². The highest BCUT2D eigenvalue weighted by molar-refractivity contribution is 5.65. The second kappa shape index (κ2) is 6.86. The normalized spacial score (nSPS) is 25.5. The molecule has 2 fully saturated rings. The number of hydrogen-bond acceptors (Lipinski definition) is 3. The molecule has 3 nitrogen and oxygen atoms in total. The molecule has 1 aliphatic heterocycles. The molecule has 0 unspecified atom stereocenters. The summed E-state index contributed by atoms with van der Waals surface area (Å²) in [6, 6.07) is 16.7. The van der Waals surface area contributed by atoms with Gasteiger partial charge in [-0.25, -0.2) is 0 Å². The van der Waals surface area contributed by atoms with Crippen molar-refractivity contribution < 1.29 is 9.47 Å². The maximum absolute atomic E-state index is 6.35. The SMILES string of the molecule is CCOc1ccc(-c2cccc(O[C@@H]3CC[C@@H]4CNC[C@@H]43)c2)cc1. The molecule has 0 bridgehead atoms. The lowest BCUT2D eigenvalue weighted by Crippen LogP contribution is -2.26. The highest BCUT2D eigenvalue weighted by Crippen LogP contribution is 2.37. The third-order valence-corrected chi connectivity index (χ3v) is 5.31. The van der Waals surface area contributed by atoms with Crippen LogP contribution in [0.25, 0.3) is 11.1 Å². The first kappa shape index (κ1) is 15.5. The van der Waals surface area contributed by atoms with E-state index in [1.165, 1.54) is 24.0 Å². The minimum atomic E-state index is 0.362. The summed E-state index contributed by atoms with van der Waals surface area (Å²) < 4.78 is 11.9. The monoisotopic (exact) mass is 323 g/mol. The van der Waals surface area contributed by atoms with E-state index < -0.39 is 0 Å². The number of rotatable bonds is 5. The van der Waals surface area contributed by atoms with Gasteiger partial charge in [-0.1, -0.05) is 24.3 Å². The molecule has 126 valence electrons. The van der Waals surface area contributed by atoms with E-state index >= 15 is 0 Å². The van der Waals surface area contributed by atoms with Gasteiger partial charge in [0.15, 0.2) is 0 Å². The van der Waals surface area contributed by atoms with Gasteiger partial charge >= 0.3 is 0 Å². The molecule has 4 rings (SSSR count). The second-order valence-electron chi connectivity index (χ2n) is 6.80. The lowest BCUT2D eigenvalue weighted by Gasteiger charge is -2.20. The van der Waals surface area contributed by atoms with E-state index in [9.17, 15) is 0 Å². The van der Waals surface area contributed by atoms with Gasteiger partial charge in [-0.05, 0) is 67.6 Å². The third-order valence-electron chi connectivity index (χ3n) is 5.31. The second-order valence-corrected chi connectivity index (χ2v) is 6.80. The fourth-order valence-corrected chi connectivity index (χ4v) is 4.08. The van der Waals surface area contributed by atoms with Gasteiger partial charge in [0.05, 0.1) is 6.61 Å². The largest absolute Gasteiger partial charge is 0.494 e. The van der Waals surface area contributed by atoms with Gasteiger partial charge in [0.25, 0.3) is 0 Å². The predicted molar refractivity (Wildman–Crippen MR) is 96.5 cm³/mol. The van der Waals surface area contributed by atoms with Gasteiger partial charge in [-0.2, -0.15) is 0 Å². The first-order valence-corrected chi connectivity index (χ1v) is 9.04. The average Bonchev–Trinajstić information content (AvgIpc) is 3.21. The maximum Gasteiger partial charge on any atom is 0.120 e. The summed E-state index contributed by atoms with van der Waals surface area (Å²) in [5.41, 5.74) is 2.38. The van der Waals surface area contributed by atoms with E-state index in [-0.39, 0.29) is 0 Å². The van der Waals surface area contributed by atoms with Crippen LogP contribution in [0.15, 0.2) is 48.5 Å². The highest BCUT2D eigenvalue weighted by Gasteiger charge is 2.40. The number of hydrogen-bond donors (Lipinski definition) is 1. The van der Waals surface area contributed by atoms with Crippen molar-refractivity contribution in [3.63, 3.8) is 0 Å². The molecule has 0 spiro atoms. The molecule has 1 saturated heterocycles. The summed E-state index contributed by atoms with van der Waals surface area (Å²) in [5.74, 6) is 3.39. The van der Waals surface area contributed by atoms with Crippen molar-refractivity contribution in [1.29, 1.82) is 0 Å². The molecular formula is C21H25NO2. The molecule has 0 aromatic heterocycles. The van der Waals surface area contributed by atoms with Crippen LogP contribution in [0.4, 0.5) is 0 Å². The summed E-state index contributed by atoms with van der Waals surface area (Å²) in [6.07, 6.45) is 2.84. The van der Waals surface area contributed by atoms with Crippen LogP contribution in [0, 0.1) is 11.8 Å². The topological polar surface area (TPSA) is 30.5 Å². The Balaban J connectivity index is 1.49. The summed E-state index contributed by atoms with van der Waals surface area (Å²) >= 11 is 0. The van der Waals surface area contributed by atoms with Gasteiger partial charge in [0.1, 0.15) is 17.6 Å². The van der Waals surface area contributed by atoms with Gasteiger partial charge in [-0.3, -0.25) is 0 Å². The molecule has 1 heterocycles. The lowest BCUT2D eigenvalue weighted by atomic mass is 9.99. The quantitative estimate of drug-likeness (QED) is 0.897. The molecule has 2 aromatic carbocycles. The lowest BCUT2D eigenvalue weighted by molar-refractivity contribution is 0.158. The van der Waals surface area contributed by atoms with Crippen molar-refractivity contribution >= 4 is 0 Å². The minimum absolute atomic E-state index is 0.362. The van der Waals surface area contributed by atoms with Crippen molar-refractivity contribution in [3.05, 3.63) is 48.5 Å². The van der Waals surface area contributed by atoms with E-state index in [1.807, 2.05) is 19.1 Å². The number of benzene rings is 2. The first-order valence-electron chi connectivity index (χ1n) is 9.04. The molecule has 24 heavy (non-hydrogen) atoms. The van der Waals surface area contributed by atoms with Crippen LogP contribution in [-0.4, -0.2) is 25.8 Å². The minimum Gasteiger partial charge on any atom is -0.494 e. The molecule has 3 atom stereocenters. The smallest absolute Gasteiger partial charge is 0.120 e. The average molecular weight is 323 g/mol. The van der Waals surface area contributed by atoms with E-state index in [0.29, 0.717) is 18.6 Å². The zero-order valence-electron chi connectivity index (χ0n) is 14.2. The number of fused-ring (bicyclic) bond motifs is 1. The zero-order chi connectivity index (χ0) is 16.4. The molecule has 0 amide bonds. The van der Waals surface area contributed by atoms with Crippen LogP contribution in [0.2, 0.25) is 0 Å². The van der Waals surface area contributed by atoms with Crippen LogP contribution in [0.3, 0.4) is 0 Å². The first-order chi connectivity index (χ1) is 11.8. The summed E-state index contributed by atoms with van der Waals surface area (Å²) in [5, 5.41) is 3.50. The van der Waals surface area contributed by atoms with Crippen LogP contribution in [0.1, 0.15) is 19.8 Å². The van der Waals surface area contributed by atoms with Crippen LogP contribution >= 0.6 is 0 Å². The van der Waals surface area contributed by atoms with Crippen LogP contribution in [0.5, 0.6) is 11.5 Å². The van der Waals surface area contributed by atoms with Gasteiger partial charge in [0, 0.05) is 12.5 Å². The maximum atomic E-state index is 6.35. The highest BCUT2D eigenvalue weighted by atomic mass is 16.5. The van der Waals surface area contributed by atoms with Crippen LogP contribution < -0.4 is 14.8 Å². The Kier molecular flexibility index (Phi) is 4.44. The molecule has 0 radical (unpaired) electrons. The Bertz CT molecular complexity index is 682. The Hall–Kier alpha value is -2.00. The summed E-state index contributed by atoms with van der Waals surface area (Å²) in [4.78, 5) is 0. The van der Waals surface area contributed by atoms with E-state index in [2.05, 4.69) is 41.7 Å². The van der Waals surface area contributed by atoms with E-state index in [1.54, 1.807) is 0 Å². The van der Waals surface area contributed by atoms with Crippen molar-refractivity contribution in [2.45, 2.75) is 25.9 Å². The van der Waals surface area contributed by atoms with Crippen molar-refractivity contribution in [1.82, 2.24) is 5.32 Å². The predicted octanol–water partition coefficient (Wildman–Crippen LogP) is 4.13. The fourth-order valence-electron chi connectivity index (χ4n) is 4.08. The molecule has 1 aliphatic carbocycles. The fraction of sp³-hybridized carbons (Fsp3) is 0.429. The molecular weight excluding hydrogens is 298 g/mol. The molecule has 1 saturated carbocycles. The third kappa shape index (κ3) is 3.13. The van der Waals surface area contributed by atoms with Crippen LogP contribution in [-0.2, 0) is 0 Å². The van der Waals surface area contributed by atoms with E-state index in [4.69, 9.17) is 9.47 Å².